The molecular formula is C11H25NO5S. The Hall–Kier alpha value is -0.210. The molecule has 0 saturated heterocycles. The number of nitrogens with one attached hydrogen (secondary N) is 1. The van der Waals surface area contributed by atoms with Gasteiger partial charge in [0.25, 0.3) is 0 Å². The summed E-state index contributed by atoms with van der Waals surface area (Å²) in [5, 5.41) is 3.12. The van der Waals surface area contributed by atoms with Gasteiger partial charge in [-0.05, 0) is 13.0 Å². The molecule has 0 amide bonds. The molecule has 0 saturated carbocycles. The van der Waals surface area contributed by atoms with Crippen LogP contribution >= 0.6 is 0 Å². The fourth-order valence-electron chi connectivity index (χ4n) is 1.19. The topological polar surface area (TPSA) is 73.9 Å². The number of sulfone groups is 1. The molecule has 0 aromatic heterocycles. The van der Waals surface area contributed by atoms with E-state index in [1.165, 1.54) is 6.26 Å². The maximum Gasteiger partial charge on any atom is 0.147 e. The molecule has 0 unspecified atom stereocenters. The minimum atomic E-state index is -2.83. The van der Waals surface area contributed by atoms with E-state index in [0.717, 1.165) is 6.54 Å². The Morgan fingerprint density at radius 1 is 0.944 bits per heavy atom. The fraction of sp³-hybridized carbons (Fsp3) is 1.00. The predicted octanol–water partition coefficient (Wildman–Crippen LogP) is -0.310. The third-order valence-electron chi connectivity index (χ3n) is 2.10. The van der Waals surface area contributed by atoms with Gasteiger partial charge < -0.3 is 19.5 Å². The summed E-state index contributed by atoms with van der Waals surface area (Å²) in [6, 6.07) is 0. The summed E-state index contributed by atoms with van der Waals surface area (Å²) in [7, 11) is -1.20. The van der Waals surface area contributed by atoms with Gasteiger partial charge >= 0.3 is 0 Å². The van der Waals surface area contributed by atoms with Crippen LogP contribution in [0, 0.1) is 0 Å². The molecule has 7 heteroatoms. The van der Waals surface area contributed by atoms with Crippen LogP contribution in [0.2, 0.25) is 0 Å². The highest BCUT2D eigenvalue weighted by Crippen LogP contribution is 1.86. The van der Waals surface area contributed by atoms with E-state index >= 15 is 0 Å². The second-order valence-corrected chi connectivity index (χ2v) is 6.21. The quantitative estimate of drug-likeness (QED) is 0.467. The number of methoxy groups -OCH3 is 1. The average Bonchev–Trinajstić information content (AvgIpc) is 2.29. The minimum Gasteiger partial charge on any atom is -0.382 e. The molecule has 18 heavy (non-hydrogen) atoms. The van der Waals surface area contributed by atoms with Crippen molar-refractivity contribution in [2.45, 2.75) is 6.42 Å². The average molecular weight is 283 g/mol. The largest absolute Gasteiger partial charge is 0.382 e. The van der Waals surface area contributed by atoms with Crippen molar-refractivity contribution in [3.05, 3.63) is 0 Å². The highest BCUT2D eigenvalue weighted by molar-refractivity contribution is 7.90. The Kier molecular flexibility index (Phi) is 11.7. The second kappa shape index (κ2) is 11.9. The Bertz CT molecular complexity index is 269. The van der Waals surface area contributed by atoms with E-state index in [4.69, 9.17) is 14.2 Å². The van der Waals surface area contributed by atoms with Crippen LogP contribution in [0.25, 0.3) is 0 Å². The van der Waals surface area contributed by atoms with E-state index in [1.54, 1.807) is 7.11 Å². The second-order valence-electron chi connectivity index (χ2n) is 3.95. The van der Waals surface area contributed by atoms with Gasteiger partial charge in [-0.1, -0.05) is 0 Å². The summed E-state index contributed by atoms with van der Waals surface area (Å²) in [6.45, 7) is 4.34. The Morgan fingerprint density at radius 2 is 1.56 bits per heavy atom. The van der Waals surface area contributed by atoms with Gasteiger partial charge in [-0.25, -0.2) is 8.42 Å². The SMILES string of the molecule is COCCOCCOCCNCCCS(C)(=O)=O. The number of ether oxygens (including phenoxy) is 3. The summed E-state index contributed by atoms with van der Waals surface area (Å²) < 4.78 is 37.0. The molecule has 0 bridgehead atoms. The molecule has 0 aromatic rings. The lowest BCUT2D eigenvalue weighted by molar-refractivity contribution is 0.0256. The highest BCUT2D eigenvalue weighted by atomic mass is 32.2. The number of rotatable bonds is 13. The van der Waals surface area contributed by atoms with Crippen molar-refractivity contribution in [2.24, 2.45) is 0 Å². The number of hydrogen-bond donors (Lipinski definition) is 1. The summed E-state index contributed by atoms with van der Waals surface area (Å²) in [5.41, 5.74) is 0. The van der Waals surface area contributed by atoms with Crippen molar-refractivity contribution >= 4 is 9.84 Å². The minimum absolute atomic E-state index is 0.230. The van der Waals surface area contributed by atoms with Crippen LogP contribution in [0.5, 0.6) is 0 Å². The van der Waals surface area contributed by atoms with Crippen LogP contribution in [0.1, 0.15) is 6.42 Å². The normalized spacial score (nSPS) is 11.9. The summed E-state index contributed by atoms with van der Waals surface area (Å²) in [5.74, 6) is 0.230. The van der Waals surface area contributed by atoms with Crippen molar-refractivity contribution in [3.63, 3.8) is 0 Å². The zero-order valence-corrected chi connectivity index (χ0v) is 12.1. The first kappa shape index (κ1) is 17.8. The van der Waals surface area contributed by atoms with Crippen molar-refractivity contribution < 1.29 is 22.6 Å². The molecule has 0 heterocycles. The molecule has 1 N–H and O–H groups in total. The smallest absolute Gasteiger partial charge is 0.147 e. The van der Waals surface area contributed by atoms with Crippen molar-refractivity contribution in [1.82, 2.24) is 5.32 Å². The molecule has 0 aliphatic rings. The molecule has 0 aliphatic carbocycles. The molecule has 0 spiro atoms. The monoisotopic (exact) mass is 283 g/mol. The van der Waals surface area contributed by atoms with E-state index in [2.05, 4.69) is 5.32 Å². The van der Waals surface area contributed by atoms with Gasteiger partial charge in [-0.2, -0.15) is 0 Å². The summed E-state index contributed by atoms with van der Waals surface area (Å²) in [6.07, 6.45) is 1.89. The third-order valence-corrected chi connectivity index (χ3v) is 3.13. The maximum atomic E-state index is 10.8. The van der Waals surface area contributed by atoms with Crippen LogP contribution in [-0.2, 0) is 24.0 Å². The van der Waals surface area contributed by atoms with E-state index in [9.17, 15) is 8.42 Å². The van der Waals surface area contributed by atoms with Gasteiger partial charge in [-0.3, -0.25) is 0 Å². The fourth-order valence-corrected chi connectivity index (χ4v) is 1.86. The first-order valence-corrected chi connectivity index (χ1v) is 8.15. The highest BCUT2D eigenvalue weighted by Gasteiger charge is 2.00. The molecule has 0 radical (unpaired) electrons. The standard InChI is InChI=1S/C11H25NO5S/c1-15-7-8-17-10-9-16-6-5-12-4-3-11-18(2,13)14/h12H,3-11H2,1-2H3. The zero-order chi connectivity index (χ0) is 13.7. The molecule has 0 aromatic carbocycles. The molecule has 0 atom stereocenters. The lowest BCUT2D eigenvalue weighted by atomic mass is 10.5. The van der Waals surface area contributed by atoms with Crippen molar-refractivity contribution in [2.75, 3.05) is 65.2 Å². The van der Waals surface area contributed by atoms with Crippen LogP contribution in [-0.4, -0.2) is 73.7 Å². The van der Waals surface area contributed by atoms with E-state index in [0.29, 0.717) is 46.0 Å². The van der Waals surface area contributed by atoms with Crippen molar-refractivity contribution in [1.29, 1.82) is 0 Å². The van der Waals surface area contributed by atoms with E-state index in [1.807, 2.05) is 0 Å². The molecule has 6 nitrogen and oxygen atoms in total. The van der Waals surface area contributed by atoms with E-state index in [-0.39, 0.29) is 5.75 Å². The van der Waals surface area contributed by atoms with Gasteiger partial charge in [0.05, 0.1) is 38.8 Å². The first-order valence-electron chi connectivity index (χ1n) is 6.09. The third kappa shape index (κ3) is 15.8. The van der Waals surface area contributed by atoms with Crippen LogP contribution in [0.4, 0.5) is 0 Å². The van der Waals surface area contributed by atoms with Crippen LogP contribution in [0.3, 0.4) is 0 Å². The lowest BCUT2D eigenvalue weighted by Gasteiger charge is -2.06. The molecule has 0 fully saturated rings. The van der Waals surface area contributed by atoms with Gasteiger partial charge in [0, 0.05) is 19.9 Å². The molecule has 110 valence electrons. The van der Waals surface area contributed by atoms with Crippen LogP contribution in [0.15, 0.2) is 0 Å². The first-order chi connectivity index (χ1) is 8.56. The van der Waals surface area contributed by atoms with Crippen molar-refractivity contribution in [3.8, 4) is 0 Å². The van der Waals surface area contributed by atoms with Gasteiger partial charge in [0.15, 0.2) is 0 Å². The summed E-state index contributed by atoms with van der Waals surface area (Å²) >= 11 is 0. The summed E-state index contributed by atoms with van der Waals surface area (Å²) in [4.78, 5) is 0. The molecule has 0 rings (SSSR count). The Balaban J connectivity index is 3.03. The number of hydrogen-bond acceptors (Lipinski definition) is 6. The van der Waals surface area contributed by atoms with Gasteiger partial charge in [0.1, 0.15) is 9.84 Å². The van der Waals surface area contributed by atoms with Crippen LogP contribution < -0.4 is 5.32 Å². The zero-order valence-electron chi connectivity index (χ0n) is 11.3. The molecule has 0 aliphatic heterocycles. The lowest BCUT2D eigenvalue weighted by Crippen LogP contribution is -2.23. The Morgan fingerprint density at radius 3 is 2.17 bits per heavy atom. The van der Waals surface area contributed by atoms with Gasteiger partial charge in [-0.15, -0.1) is 0 Å². The van der Waals surface area contributed by atoms with E-state index < -0.39 is 9.84 Å². The van der Waals surface area contributed by atoms with Gasteiger partial charge in [0.2, 0.25) is 0 Å². The Labute approximate surface area is 110 Å². The maximum absolute atomic E-state index is 10.8. The predicted molar refractivity (Wildman–Crippen MR) is 70.7 cm³/mol. The molecular weight excluding hydrogens is 258 g/mol.